The maximum absolute atomic E-state index is 12.5. The zero-order valence-corrected chi connectivity index (χ0v) is 14.8. The molecule has 1 unspecified atom stereocenters. The summed E-state index contributed by atoms with van der Waals surface area (Å²) < 4.78 is 2.26. The SMILES string of the molecule is C=CCSc1ccccc1NC(=O)CN1CCn2cccc2C1C. The number of amides is 1. The van der Waals surface area contributed by atoms with E-state index in [0.717, 1.165) is 29.4 Å². The highest BCUT2D eigenvalue weighted by Crippen LogP contribution is 2.28. The molecule has 0 radical (unpaired) electrons. The van der Waals surface area contributed by atoms with Gasteiger partial charge < -0.3 is 9.88 Å². The lowest BCUT2D eigenvalue weighted by atomic mass is 10.1. The predicted molar refractivity (Wildman–Crippen MR) is 100 cm³/mol. The Balaban J connectivity index is 1.63. The van der Waals surface area contributed by atoms with Crippen molar-refractivity contribution in [1.29, 1.82) is 0 Å². The van der Waals surface area contributed by atoms with Gasteiger partial charge in [0.25, 0.3) is 0 Å². The Kier molecular flexibility index (Phi) is 5.43. The number of nitrogens with one attached hydrogen (secondary N) is 1. The van der Waals surface area contributed by atoms with Crippen LogP contribution in [0.4, 0.5) is 5.69 Å². The summed E-state index contributed by atoms with van der Waals surface area (Å²) in [6.45, 7) is 8.15. The van der Waals surface area contributed by atoms with Crippen LogP contribution in [0.3, 0.4) is 0 Å². The second-order valence-corrected chi connectivity index (χ2v) is 6.98. The Labute approximate surface area is 147 Å². The molecule has 0 spiro atoms. The van der Waals surface area contributed by atoms with Crippen molar-refractivity contribution in [3.8, 4) is 0 Å². The van der Waals surface area contributed by atoms with Crippen LogP contribution in [-0.2, 0) is 11.3 Å². The van der Waals surface area contributed by atoms with E-state index in [1.165, 1.54) is 5.69 Å². The zero-order chi connectivity index (χ0) is 16.9. The largest absolute Gasteiger partial charge is 0.349 e. The number of thioether (sulfide) groups is 1. The minimum atomic E-state index is 0.0357. The van der Waals surface area contributed by atoms with Crippen LogP contribution in [0.5, 0.6) is 0 Å². The molecule has 0 bridgehead atoms. The predicted octanol–water partition coefficient (Wildman–Crippen LogP) is 3.78. The second-order valence-electron chi connectivity index (χ2n) is 5.92. The van der Waals surface area contributed by atoms with Gasteiger partial charge in [0.1, 0.15) is 0 Å². The molecule has 1 N–H and O–H groups in total. The summed E-state index contributed by atoms with van der Waals surface area (Å²) >= 11 is 1.68. The van der Waals surface area contributed by atoms with E-state index in [1.54, 1.807) is 11.8 Å². The summed E-state index contributed by atoms with van der Waals surface area (Å²) in [4.78, 5) is 15.8. The third-order valence-electron chi connectivity index (χ3n) is 4.33. The smallest absolute Gasteiger partial charge is 0.238 e. The molecule has 0 saturated carbocycles. The topological polar surface area (TPSA) is 37.3 Å². The minimum Gasteiger partial charge on any atom is -0.349 e. The van der Waals surface area contributed by atoms with Crippen LogP contribution in [0.25, 0.3) is 0 Å². The van der Waals surface area contributed by atoms with Gasteiger partial charge in [-0.25, -0.2) is 0 Å². The number of anilines is 1. The van der Waals surface area contributed by atoms with E-state index in [-0.39, 0.29) is 11.9 Å². The van der Waals surface area contributed by atoms with Crippen LogP contribution < -0.4 is 5.32 Å². The fourth-order valence-corrected chi connectivity index (χ4v) is 3.81. The lowest BCUT2D eigenvalue weighted by molar-refractivity contribution is -0.118. The first-order chi connectivity index (χ1) is 11.7. The van der Waals surface area contributed by atoms with Crippen LogP contribution in [0.1, 0.15) is 18.7 Å². The van der Waals surface area contributed by atoms with E-state index in [0.29, 0.717) is 6.54 Å². The molecule has 4 nitrogen and oxygen atoms in total. The van der Waals surface area contributed by atoms with Crippen LogP contribution in [0, 0.1) is 0 Å². The van der Waals surface area contributed by atoms with E-state index in [2.05, 4.69) is 46.6 Å². The van der Waals surface area contributed by atoms with Gasteiger partial charge in [-0.15, -0.1) is 18.3 Å². The van der Waals surface area contributed by atoms with Crippen LogP contribution in [-0.4, -0.2) is 34.2 Å². The number of carbonyl (C=O) groups excluding carboxylic acids is 1. The van der Waals surface area contributed by atoms with Crippen molar-refractivity contribution in [2.45, 2.75) is 24.4 Å². The first-order valence-electron chi connectivity index (χ1n) is 8.20. The van der Waals surface area contributed by atoms with Gasteiger partial charge in [0, 0.05) is 41.7 Å². The van der Waals surface area contributed by atoms with Crippen molar-refractivity contribution in [1.82, 2.24) is 9.47 Å². The van der Waals surface area contributed by atoms with Crippen LogP contribution in [0.2, 0.25) is 0 Å². The normalized spacial score (nSPS) is 17.3. The Morgan fingerprint density at radius 1 is 1.33 bits per heavy atom. The number of rotatable bonds is 6. The van der Waals surface area contributed by atoms with Crippen LogP contribution >= 0.6 is 11.8 Å². The molecule has 2 heterocycles. The number of carbonyl (C=O) groups is 1. The Bertz CT molecular complexity index is 725. The van der Waals surface area contributed by atoms with Gasteiger partial charge >= 0.3 is 0 Å². The maximum atomic E-state index is 12.5. The van der Waals surface area contributed by atoms with Gasteiger partial charge in [0.15, 0.2) is 0 Å². The summed E-state index contributed by atoms with van der Waals surface area (Å²) in [5.74, 6) is 0.862. The van der Waals surface area contributed by atoms with Crippen molar-refractivity contribution in [3.63, 3.8) is 0 Å². The lowest BCUT2D eigenvalue weighted by Crippen LogP contribution is -2.41. The summed E-state index contributed by atoms with van der Waals surface area (Å²) in [6, 6.07) is 12.4. The molecular formula is C19H23N3OS. The van der Waals surface area contributed by atoms with Crippen LogP contribution in [0.15, 0.2) is 60.1 Å². The van der Waals surface area contributed by atoms with Gasteiger partial charge in [-0.1, -0.05) is 18.2 Å². The highest BCUT2D eigenvalue weighted by molar-refractivity contribution is 7.99. The number of hydrogen-bond acceptors (Lipinski definition) is 3. The molecule has 5 heteroatoms. The molecule has 126 valence electrons. The molecule has 1 aromatic heterocycles. The summed E-state index contributed by atoms with van der Waals surface area (Å²) in [6.07, 6.45) is 3.98. The molecule has 0 saturated heterocycles. The van der Waals surface area contributed by atoms with Crippen molar-refractivity contribution >= 4 is 23.4 Å². The summed E-state index contributed by atoms with van der Waals surface area (Å²) in [5.41, 5.74) is 2.15. The molecule has 24 heavy (non-hydrogen) atoms. The molecule has 0 aliphatic carbocycles. The van der Waals surface area contributed by atoms with Gasteiger partial charge in [-0.05, 0) is 31.2 Å². The zero-order valence-electron chi connectivity index (χ0n) is 13.9. The van der Waals surface area contributed by atoms with Gasteiger partial charge in [-0.3, -0.25) is 9.69 Å². The molecule has 1 atom stereocenters. The number of hydrogen-bond donors (Lipinski definition) is 1. The Morgan fingerprint density at radius 2 is 2.17 bits per heavy atom. The van der Waals surface area contributed by atoms with Gasteiger partial charge in [0.05, 0.1) is 12.2 Å². The minimum absolute atomic E-state index is 0.0357. The lowest BCUT2D eigenvalue weighted by Gasteiger charge is -2.34. The number of para-hydroxylation sites is 1. The summed E-state index contributed by atoms with van der Waals surface area (Å²) in [5, 5.41) is 3.06. The highest BCUT2D eigenvalue weighted by Gasteiger charge is 2.25. The van der Waals surface area contributed by atoms with E-state index >= 15 is 0 Å². The Hall–Kier alpha value is -1.98. The van der Waals surface area contributed by atoms with Gasteiger partial charge in [-0.2, -0.15) is 0 Å². The van der Waals surface area contributed by atoms with Crippen molar-refractivity contribution in [2.24, 2.45) is 0 Å². The molecule has 0 fully saturated rings. The monoisotopic (exact) mass is 341 g/mol. The highest BCUT2D eigenvalue weighted by atomic mass is 32.2. The van der Waals surface area contributed by atoms with E-state index in [1.807, 2.05) is 30.3 Å². The maximum Gasteiger partial charge on any atom is 0.238 e. The van der Waals surface area contributed by atoms with Crippen molar-refractivity contribution in [3.05, 3.63) is 60.9 Å². The molecule has 1 aliphatic heterocycles. The quantitative estimate of drug-likeness (QED) is 0.642. The van der Waals surface area contributed by atoms with E-state index < -0.39 is 0 Å². The number of fused-ring (bicyclic) bond motifs is 1. The third kappa shape index (κ3) is 3.74. The molecule has 3 rings (SSSR count). The number of benzene rings is 1. The summed E-state index contributed by atoms with van der Waals surface area (Å²) in [7, 11) is 0. The fourth-order valence-electron chi connectivity index (χ4n) is 3.06. The number of nitrogens with zero attached hydrogens (tertiary/aromatic N) is 2. The van der Waals surface area contributed by atoms with Crippen molar-refractivity contribution < 1.29 is 4.79 Å². The molecule has 2 aromatic rings. The fraction of sp³-hybridized carbons (Fsp3) is 0.316. The standard InChI is InChI=1S/C19H23N3OS/c1-3-13-24-18-9-5-4-7-16(18)20-19(23)14-22-12-11-21-10-6-8-17(21)15(22)2/h3-10,15H,1,11-14H2,2H3,(H,20,23). The molecule has 1 aliphatic rings. The first-order valence-corrected chi connectivity index (χ1v) is 9.19. The average Bonchev–Trinajstić information content (AvgIpc) is 3.06. The molecule has 1 amide bonds. The molecule has 1 aromatic carbocycles. The van der Waals surface area contributed by atoms with E-state index in [4.69, 9.17) is 0 Å². The first kappa shape index (κ1) is 16.9. The van der Waals surface area contributed by atoms with Gasteiger partial charge in [0.2, 0.25) is 5.91 Å². The molecular weight excluding hydrogens is 318 g/mol. The second kappa shape index (κ2) is 7.73. The van der Waals surface area contributed by atoms with Crippen molar-refractivity contribution in [2.75, 3.05) is 24.2 Å². The average molecular weight is 341 g/mol. The van der Waals surface area contributed by atoms with E-state index in [9.17, 15) is 4.79 Å². The third-order valence-corrected chi connectivity index (χ3v) is 5.40. The number of aromatic nitrogens is 1. The Morgan fingerprint density at radius 3 is 3.00 bits per heavy atom.